The van der Waals surface area contributed by atoms with E-state index in [4.69, 9.17) is 0 Å². The van der Waals surface area contributed by atoms with Gasteiger partial charge in [-0.2, -0.15) is 0 Å². The number of rotatable bonds is 6. The van der Waals surface area contributed by atoms with Gasteiger partial charge in [0.05, 0.1) is 10.4 Å². The van der Waals surface area contributed by atoms with Crippen LogP contribution in [0, 0.1) is 11.6 Å². The molecule has 4 aromatic rings. The zero-order valence-corrected chi connectivity index (χ0v) is 19.8. The molecule has 0 atom stereocenters. The van der Waals surface area contributed by atoms with Gasteiger partial charge >= 0.3 is 0 Å². The lowest BCUT2D eigenvalue weighted by Crippen LogP contribution is -2.48. The third-order valence-electron chi connectivity index (χ3n) is 6.11. The van der Waals surface area contributed by atoms with Gasteiger partial charge in [-0.05, 0) is 60.5 Å². The molecule has 35 heavy (non-hydrogen) atoms. The maximum absolute atomic E-state index is 13.9. The molecule has 1 saturated heterocycles. The monoisotopic (exact) mass is 490 g/mol. The number of halogens is 2. The number of pyridine rings is 1. The van der Waals surface area contributed by atoms with Gasteiger partial charge in [0.1, 0.15) is 11.6 Å². The highest BCUT2D eigenvalue weighted by molar-refractivity contribution is 8.00. The Hall–Kier alpha value is -3.49. The van der Waals surface area contributed by atoms with Gasteiger partial charge in [0.2, 0.25) is 0 Å². The molecule has 1 aliphatic heterocycles. The Morgan fingerprint density at radius 1 is 0.886 bits per heavy atom. The molecule has 2 heterocycles. The average Bonchev–Trinajstić information content (AvgIpc) is 2.90. The van der Waals surface area contributed by atoms with E-state index < -0.39 is 11.6 Å². The fourth-order valence-electron chi connectivity index (χ4n) is 4.15. The van der Waals surface area contributed by atoms with E-state index in [2.05, 4.69) is 9.71 Å². The number of aromatic nitrogens is 1. The number of carbonyl (C=O) groups excluding carboxylic acids is 1. The van der Waals surface area contributed by atoms with Crippen molar-refractivity contribution in [3.05, 3.63) is 102 Å². The molecule has 1 aliphatic rings. The van der Waals surface area contributed by atoms with Crippen LogP contribution in [0.2, 0.25) is 0 Å². The lowest BCUT2D eigenvalue weighted by Gasteiger charge is -2.35. The minimum atomic E-state index is -0.535. The van der Waals surface area contributed by atoms with Crippen LogP contribution in [-0.4, -0.2) is 46.9 Å². The second kappa shape index (κ2) is 10.4. The van der Waals surface area contributed by atoms with Crippen molar-refractivity contribution < 1.29 is 13.6 Å². The fourth-order valence-corrected chi connectivity index (χ4v) is 4.93. The number of hydrogen-bond acceptors (Lipinski definition) is 5. The summed E-state index contributed by atoms with van der Waals surface area (Å²) in [6.45, 7) is 2.35. The largest absolute Gasteiger partial charge is 0.336 e. The maximum atomic E-state index is 13.9. The maximum Gasteiger partial charge on any atom is 0.253 e. The number of anilines is 1. The Kier molecular flexibility index (Phi) is 6.92. The predicted molar refractivity (Wildman–Crippen MR) is 135 cm³/mol. The predicted octanol–water partition coefficient (Wildman–Crippen LogP) is 5.59. The van der Waals surface area contributed by atoms with Crippen molar-refractivity contribution in [3.8, 4) is 0 Å². The molecule has 1 fully saturated rings. The first kappa shape index (κ1) is 23.3. The van der Waals surface area contributed by atoms with Gasteiger partial charge in [-0.25, -0.2) is 8.78 Å². The van der Waals surface area contributed by atoms with Crippen molar-refractivity contribution in [3.63, 3.8) is 0 Å². The first-order valence-corrected chi connectivity index (χ1v) is 12.2. The van der Waals surface area contributed by atoms with Crippen LogP contribution in [0.5, 0.6) is 0 Å². The molecule has 5 nitrogen and oxygen atoms in total. The van der Waals surface area contributed by atoms with Crippen molar-refractivity contribution in [2.24, 2.45) is 0 Å². The molecule has 1 N–H and O–H groups in total. The number of hydrogen-bond donors (Lipinski definition) is 1. The lowest BCUT2D eigenvalue weighted by molar-refractivity contribution is 0.0625. The Bertz CT molecular complexity index is 1320. The molecular formula is C27H24F2N4OS. The van der Waals surface area contributed by atoms with Gasteiger partial charge < -0.3 is 9.62 Å². The topological polar surface area (TPSA) is 48.5 Å². The second-order valence-corrected chi connectivity index (χ2v) is 9.23. The van der Waals surface area contributed by atoms with Gasteiger partial charge in [-0.3, -0.25) is 14.7 Å². The highest BCUT2D eigenvalue weighted by atomic mass is 32.2. The number of nitrogens with one attached hydrogen (secondary N) is 1. The molecule has 178 valence electrons. The average molecular weight is 491 g/mol. The number of nitrogens with zero attached hydrogens (tertiary/aromatic N) is 3. The Balaban J connectivity index is 1.16. The second-order valence-electron chi connectivity index (χ2n) is 8.38. The molecule has 3 aromatic carbocycles. The van der Waals surface area contributed by atoms with E-state index in [-0.39, 0.29) is 18.0 Å². The van der Waals surface area contributed by atoms with Crippen LogP contribution < -0.4 is 4.72 Å². The summed E-state index contributed by atoms with van der Waals surface area (Å²) in [5.41, 5.74) is 2.51. The van der Waals surface area contributed by atoms with Crippen LogP contribution in [0.4, 0.5) is 14.5 Å². The fraction of sp³-hybridized carbons (Fsp3) is 0.185. The number of fused-ring (bicyclic) bond motifs is 1. The highest BCUT2D eigenvalue weighted by Gasteiger charge is 2.23. The van der Waals surface area contributed by atoms with Crippen LogP contribution in [0.1, 0.15) is 15.9 Å². The zero-order chi connectivity index (χ0) is 24.2. The van der Waals surface area contributed by atoms with Crippen LogP contribution in [0.15, 0.2) is 83.9 Å². The van der Waals surface area contributed by atoms with E-state index in [0.29, 0.717) is 31.7 Å². The van der Waals surface area contributed by atoms with E-state index >= 15 is 0 Å². The third kappa shape index (κ3) is 5.28. The smallest absolute Gasteiger partial charge is 0.253 e. The molecule has 0 bridgehead atoms. The van der Waals surface area contributed by atoms with E-state index in [1.54, 1.807) is 11.1 Å². The Morgan fingerprint density at radius 2 is 1.57 bits per heavy atom. The van der Waals surface area contributed by atoms with Gasteiger partial charge in [0.15, 0.2) is 0 Å². The summed E-state index contributed by atoms with van der Waals surface area (Å²) in [7, 11) is 0. The van der Waals surface area contributed by atoms with Crippen molar-refractivity contribution in [2.75, 3.05) is 30.9 Å². The molecule has 5 rings (SSSR count). The molecule has 8 heteroatoms. The molecule has 0 saturated carbocycles. The Labute approximate surface area is 206 Å². The van der Waals surface area contributed by atoms with Crippen LogP contribution >= 0.6 is 11.9 Å². The summed E-state index contributed by atoms with van der Waals surface area (Å²) >= 11 is 1.48. The first-order chi connectivity index (χ1) is 17.1. The van der Waals surface area contributed by atoms with E-state index in [1.807, 2.05) is 59.5 Å². The number of amides is 1. The van der Waals surface area contributed by atoms with E-state index in [9.17, 15) is 13.6 Å². The molecule has 1 aromatic heterocycles. The van der Waals surface area contributed by atoms with E-state index in [0.717, 1.165) is 21.5 Å². The number of para-hydroxylation sites is 1. The minimum absolute atomic E-state index is 0.0424. The molecule has 0 radical (unpaired) electrons. The SMILES string of the molecule is O=C(c1ccc(NSc2cccc3cccnc23)cc1)N1CCN(Cc2c(F)cccc2F)CC1. The minimum Gasteiger partial charge on any atom is -0.336 e. The van der Waals surface area contributed by atoms with Gasteiger partial charge in [-0.1, -0.05) is 24.3 Å². The number of piperazine rings is 1. The van der Waals surface area contributed by atoms with Gasteiger partial charge in [0.25, 0.3) is 5.91 Å². The van der Waals surface area contributed by atoms with Crippen molar-refractivity contribution in [2.45, 2.75) is 11.4 Å². The summed E-state index contributed by atoms with van der Waals surface area (Å²) in [4.78, 5) is 22.2. The summed E-state index contributed by atoms with van der Waals surface area (Å²) in [6, 6.07) is 21.3. The standard InChI is InChI=1S/C27H24F2N4OS/c28-23-6-2-7-24(29)22(23)18-32-14-16-33(17-15-32)27(34)20-9-11-21(12-10-20)31-35-25-8-1-4-19-5-3-13-30-26(19)25/h1-13,31H,14-18H2. The highest BCUT2D eigenvalue weighted by Crippen LogP contribution is 2.27. The van der Waals surface area contributed by atoms with Gasteiger partial charge in [0, 0.05) is 61.1 Å². The third-order valence-corrected chi connectivity index (χ3v) is 7.00. The summed E-state index contributed by atoms with van der Waals surface area (Å²) in [5.74, 6) is -1.11. The quantitative estimate of drug-likeness (QED) is 0.357. The molecule has 1 amide bonds. The first-order valence-electron chi connectivity index (χ1n) is 11.4. The number of benzene rings is 3. The molecule has 0 spiro atoms. The molecular weight excluding hydrogens is 466 g/mol. The van der Waals surface area contributed by atoms with Crippen molar-refractivity contribution in [1.29, 1.82) is 0 Å². The summed E-state index contributed by atoms with van der Waals surface area (Å²) in [6.07, 6.45) is 1.78. The van der Waals surface area contributed by atoms with Crippen LogP contribution in [-0.2, 0) is 6.54 Å². The lowest BCUT2D eigenvalue weighted by atomic mass is 10.1. The zero-order valence-electron chi connectivity index (χ0n) is 19.0. The summed E-state index contributed by atoms with van der Waals surface area (Å²) < 4.78 is 31.2. The summed E-state index contributed by atoms with van der Waals surface area (Å²) in [5, 5.41) is 1.08. The Morgan fingerprint density at radius 3 is 2.31 bits per heavy atom. The van der Waals surface area contributed by atoms with Crippen LogP contribution in [0.3, 0.4) is 0 Å². The van der Waals surface area contributed by atoms with Crippen molar-refractivity contribution >= 4 is 34.4 Å². The molecule has 0 unspecified atom stereocenters. The van der Waals surface area contributed by atoms with E-state index in [1.165, 1.54) is 30.1 Å². The molecule has 0 aliphatic carbocycles. The normalized spacial score (nSPS) is 14.3. The van der Waals surface area contributed by atoms with Crippen molar-refractivity contribution in [1.82, 2.24) is 14.8 Å². The number of carbonyl (C=O) groups is 1. The van der Waals surface area contributed by atoms with Crippen LogP contribution in [0.25, 0.3) is 10.9 Å². The van der Waals surface area contributed by atoms with Gasteiger partial charge in [-0.15, -0.1) is 0 Å².